The molecule has 1 atom stereocenters. The highest BCUT2D eigenvalue weighted by atomic mass is 16.5. The molecule has 1 unspecified atom stereocenters. The van der Waals surface area contributed by atoms with Crippen molar-refractivity contribution in [3.63, 3.8) is 0 Å². The van der Waals surface area contributed by atoms with E-state index in [4.69, 9.17) is 4.74 Å². The molecule has 1 saturated heterocycles. The first kappa shape index (κ1) is 18.4. The number of rotatable bonds is 5. The molecule has 5 heteroatoms. The van der Waals surface area contributed by atoms with Crippen LogP contribution in [0.15, 0.2) is 60.7 Å². The Balaban J connectivity index is 1.34. The van der Waals surface area contributed by atoms with Crippen molar-refractivity contribution >= 4 is 17.9 Å². The number of carbonyl (C=O) groups is 2. The Bertz CT molecular complexity index is 857. The van der Waals surface area contributed by atoms with Crippen molar-refractivity contribution < 1.29 is 14.3 Å². The molecule has 144 valence electrons. The molecule has 0 spiro atoms. The lowest BCUT2D eigenvalue weighted by molar-refractivity contribution is -0.133. The maximum atomic E-state index is 12.6. The molecule has 4 rings (SSSR count). The number of nitrogens with zero attached hydrogens (tertiary/aromatic N) is 1. The summed E-state index contributed by atoms with van der Waals surface area (Å²) in [4.78, 5) is 26.4. The third-order valence-electron chi connectivity index (χ3n) is 5.05. The van der Waals surface area contributed by atoms with Gasteiger partial charge >= 0.3 is 0 Å². The lowest BCUT2D eigenvalue weighted by Crippen LogP contribution is -2.41. The van der Waals surface area contributed by atoms with Crippen LogP contribution in [0.25, 0.3) is 6.08 Å². The molecule has 1 saturated carbocycles. The summed E-state index contributed by atoms with van der Waals surface area (Å²) in [5.41, 5.74) is 2.63. The van der Waals surface area contributed by atoms with Crippen molar-refractivity contribution in [1.29, 1.82) is 0 Å². The van der Waals surface area contributed by atoms with Gasteiger partial charge in [-0.2, -0.15) is 0 Å². The molecular weight excluding hydrogens is 352 g/mol. The van der Waals surface area contributed by atoms with Crippen molar-refractivity contribution in [2.75, 3.05) is 19.7 Å². The second kappa shape index (κ2) is 8.40. The fourth-order valence-electron chi connectivity index (χ4n) is 3.23. The Morgan fingerprint density at radius 2 is 1.79 bits per heavy atom. The molecule has 2 aromatic rings. The van der Waals surface area contributed by atoms with E-state index in [2.05, 4.69) is 5.32 Å². The Kier molecular flexibility index (Phi) is 5.53. The Labute approximate surface area is 165 Å². The molecule has 2 aliphatic rings. The molecule has 1 aliphatic carbocycles. The van der Waals surface area contributed by atoms with Crippen LogP contribution in [0.4, 0.5) is 0 Å². The minimum Gasteiger partial charge on any atom is -0.370 e. The van der Waals surface area contributed by atoms with E-state index in [1.165, 1.54) is 0 Å². The summed E-state index contributed by atoms with van der Waals surface area (Å²) in [7, 11) is 0. The Hall–Kier alpha value is -2.92. The second-order valence-corrected chi connectivity index (χ2v) is 7.26. The van der Waals surface area contributed by atoms with Crippen LogP contribution in [0.1, 0.15) is 40.4 Å². The Morgan fingerprint density at radius 3 is 2.50 bits per heavy atom. The van der Waals surface area contributed by atoms with Gasteiger partial charge < -0.3 is 15.0 Å². The van der Waals surface area contributed by atoms with E-state index in [-0.39, 0.29) is 17.9 Å². The number of nitrogens with one attached hydrogen (secondary N) is 1. The van der Waals surface area contributed by atoms with E-state index >= 15 is 0 Å². The molecule has 1 heterocycles. The van der Waals surface area contributed by atoms with Gasteiger partial charge in [-0.3, -0.25) is 9.59 Å². The van der Waals surface area contributed by atoms with Crippen LogP contribution >= 0.6 is 0 Å². The predicted octanol–water partition coefficient (Wildman–Crippen LogP) is 3.19. The first-order valence-corrected chi connectivity index (χ1v) is 9.73. The zero-order chi connectivity index (χ0) is 19.3. The van der Waals surface area contributed by atoms with Crippen LogP contribution in [0.2, 0.25) is 0 Å². The van der Waals surface area contributed by atoms with Crippen molar-refractivity contribution in [2.45, 2.75) is 25.0 Å². The number of ether oxygens (including phenoxy) is 1. The van der Waals surface area contributed by atoms with Gasteiger partial charge in [-0.25, -0.2) is 0 Å². The van der Waals surface area contributed by atoms with Gasteiger partial charge in [0.05, 0.1) is 13.2 Å². The summed E-state index contributed by atoms with van der Waals surface area (Å²) >= 11 is 0. The molecule has 2 fully saturated rings. The first-order chi connectivity index (χ1) is 13.7. The topological polar surface area (TPSA) is 58.6 Å². The van der Waals surface area contributed by atoms with Crippen LogP contribution in [0, 0.1) is 0 Å². The maximum absolute atomic E-state index is 12.6. The van der Waals surface area contributed by atoms with Gasteiger partial charge in [0.2, 0.25) is 5.91 Å². The molecular formula is C23H24N2O3. The molecule has 1 aliphatic heterocycles. The predicted molar refractivity (Wildman–Crippen MR) is 108 cm³/mol. The first-order valence-electron chi connectivity index (χ1n) is 9.73. The normalized spacial score (nSPS) is 19.6. The van der Waals surface area contributed by atoms with Crippen LogP contribution in [-0.4, -0.2) is 42.5 Å². The molecule has 2 amide bonds. The number of amides is 2. The van der Waals surface area contributed by atoms with E-state index in [9.17, 15) is 9.59 Å². The van der Waals surface area contributed by atoms with Crippen LogP contribution in [0.3, 0.4) is 0 Å². The van der Waals surface area contributed by atoms with Gasteiger partial charge in [-0.1, -0.05) is 42.5 Å². The van der Waals surface area contributed by atoms with Gasteiger partial charge in [0.15, 0.2) is 0 Å². The van der Waals surface area contributed by atoms with E-state index < -0.39 is 0 Å². The van der Waals surface area contributed by atoms with Crippen molar-refractivity contribution in [3.05, 3.63) is 77.4 Å². The van der Waals surface area contributed by atoms with E-state index in [0.717, 1.165) is 24.0 Å². The monoisotopic (exact) mass is 376 g/mol. The summed E-state index contributed by atoms with van der Waals surface area (Å²) in [6.45, 7) is 1.67. The van der Waals surface area contributed by atoms with Gasteiger partial charge in [0, 0.05) is 24.2 Å². The lowest BCUT2D eigenvalue weighted by atomic mass is 10.1. The zero-order valence-corrected chi connectivity index (χ0v) is 15.7. The van der Waals surface area contributed by atoms with Gasteiger partial charge in [-0.15, -0.1) is 0 Å². The third kappa shape index (κ3) is 4.67. The molecule has 0 bridgehead atoms. The fraction of sp³-hybridized carbons (Fsp3) is 0.304. The number of hydrogen-bond donors (Lipinski definition) is 1. The van der Waals surface area contributed by atoms with Crippen molar-refractivity contribution in [1.82, 2.24) is 10.2 Å². The molecule has 28 heavy (non-hydrogen) atoms. The van der Waals surface area contributed by atoms with E-state index in [1.54, 1.807) is 24.3 Å². The van der Waals surface area contributed by atoms with Gasteiger partial charge in [0.25, 0.3) is 5.91 Å². The van der Waals surface area contributed by atoms with Crippen molar-refractivity contribution in [2.24, 2.45) is 0 Å². The molecule has 2 aromatic carbocycles. The van der Waals surface area contributed by atoms with Crippen molar-refractivity contribution in [3.8, 4) is 0 Å². The second-order valence-electron chi connectivity index (χ2n) is 7.26. The lowest BCUT2D eigenvalue weighted by Gasteiger charge is -2.32. The summed E-state index contributed by atoms with van der Waals surface area (Å²) in [5, 5.41) is 2.97. The molecule has 0 radical (unpaired) electrons. The van der Waals surface area contributed by atoms with E-state index in [0.29, 0.717) is 31.3 Å². The van der Waals surface area contributed by atoms with Gasteiger partial charge in [0.1, 0.15) is 6.10 Å². The minimum absolute atomic E-state index is 0.0280. The number of hydrogen-bond acceptors (Lipinski definition) is 3. The van der Waals surface area contributed by atoms with Crippen LogP contribution in [0.5, 0.6) is 0 Å². The fourth-order valence-corrected chi connectivity index (χ4v) is 3.23. The SMILES string of the molecule is O=C(NC1CC1)c1ccc(/C=C/C(=O)N2CCOC(c3ccccc3)C2)cc1. The third-order valence-corrected chi connectivity index (χ3v) is 5.05. The highest BCUT2D eigenvalue weighted by Gasteiger charge is 2.24. The number of benzene rings is 2. The standard InChI is InChI=1S/C23H24N2O3/c26-22(25-14-15-28-21(16-25)18-4-2-1-3-5-18)13-8-17-6-9-19(10-7-17)23(27)24-20-11-12-20/h1-10,13,20-21H,11-12,14-16H2,(H,24,27)/b13-8+. The average molecular weight is 376 g/mol. The number of carbonyl (C=O) groups excluding carboxylic acids is 2. The summed E-state index contributed by atoms with van der Waals surface area (Å²) < 4.78 is 5.82. The molecule has 1 N–H and O–H groups in total. The van der Waals surface area contributed by atoms with E-state index in [1.807, 2.05) is 47.4 Å². The minimum atomic E-state index is -0.0865. The average Bonchev–Trinajstić information content (AvgIpc) is 3.57. The summed E-state index contributed by atoms with van der Waals surface area (Å²) in [5.74, 6) is -0.0610. The smallest absolute Gasteiger partial charge is 0.251 e. The maximum Gasteiger partial charge on any atom is 0.251 e. The van der Waals surface area contributed by atoms with Crippen LogP contribution < -0.4 is 5.32 Å². The molecule has 5 nitrogen and oxygen atoms in total. The summed E-state index contributed by atoms with van der Waals surface area (Å²) in [6, 6.07) is 17.6. The number of morpholine rings is 1. The van der Waals surface area contributed by atoms with Gasteiger partial charge in [-0.05, 0) is 42.2 Å². The van der Waals surface area contributed by atoms with Crippen LogP contribution in [-0.2, 0) is 9.53 Å². The molecule has 0 aromatic heterocycles. The highest BCUT2D eigenvalue weighted by Crippen LogP contribution is 2.22. The Morgan fingerprint density at radius 1 is 1.04 bits per heavy atom. The summed E-state index contributed by atoms with van der Waals surface area (Å²) in [6.07, 6.45) is 5.43. The largest absolute Gasteiger partial charge is 0.370 e. The quantitative estimate of drug-likeness (QED) is 0.816. The highest BCUT2D eigenvalue weighted by molar-refractivity contribution is 5.95. The zero-order valence-electron chi connectivity index (χ0n) is 15.7.